The summed E-state index contributed by atoms with van der Waals surface area (Å²) in [6.07, 6.45) is 1.94. The summed E-state index contributed by atoms with van der Waals surface area (Å²) < 4.78 is 2.10. The van der Waals surface area contributed by atoms with Crippen LogP contribution < -0.4 is 5.73 Å². The van der Waals surface area contributed by atoms with Gasteiger partial charge in [-0.25, -0.2) is 0 Å². The van der Waals surface area contributed by atoms with Crippen molar-refractivity contribution in [2.75, 3.05) is 6.54 Å². The van der Waals surface area contributed by atoms with Crippen LogP contribution >= 0.6 is 0 Å². The lowest BCUT2D eigenvalue weighted by atomic mass is 10.1. The topological polar surface area (TPSA) is 43.8 Å². The van der Waals surface area contributed by atoms with Gasteiger partial charge in [-0.15, -0.1) is 0 Å². The monoisotopic (exact) mass is 257 g/mol. The molecule has 2 aromatic rings. The number of aryl methyl sites for hydroxylation is 3. The van der Waals surface area contributed by atoms with E-state index < -0.39 is 0 Å². The lowest BCUT2D eigenvalue weighted by molar-refractivity contribution is 0.508. The number of nitrogens with zero attached hydrogens (tertiary/aromatic N) is 2. The molecule has 0 amide bonds. The van der Waals surface area contributed by atoms with Crippen LogP contribution in [0.1, 0.15) is 42.4 Å². The van der Waals surface area contributed by atoms with E-state index in [4.69, 9.17) is 10.8 Å². The maximum Gasteiger partial charge on any atom is 0.0893 e. The molecule has 0 saturated carbocycles. The lowest BCUT2D eigenvalue weighted by Crippen LogP contribution is -2.23. The fraction of sp³-hybridized carbons (Fsp3) is 0.438. The van der Waals surface area contributed by atoms with Gasteiger partial charge in [0, 0.05) is 12.2 Å². The Bertz CT molecular complexity index is 525. The third-order valence-corrected chi connectivity index (χ3v) is 3.57. The Morgan fingerprint density at radius 2 is 1.84 bits per heavy atom. The summed E-state index contributed by atoms with van der Waals surface area (Å²) >= 11 is 0. The summed E-state index contributed by atoms with van der Waals surface area (Å²) in [5.41, 5.74) is 10.9. The van der Waals surface area contributed by atoms with Crippen LogP contribution in [0.3, 0.4) is 0 Å². The second-order valence-electron chi connectivity index (χ2n) is 4.94. The maximum atomic E-state index is 5.99. The van der Waals surface area contributed by atoms with E-state index in [1.807, 2.05) is 0 Å². The maximum absolute atomic E-state index is 5.99. The molecule has 3 nitrogen and oxygen atoms in total. The van der Waals surface area contributed by atoms with E-state index in [1.54, 1.807) is 0 Å². The molecule has 1 aromatic carbocycles. The summed E-state index contributed by atoms with van der Waals surface area (Å²) in [6, 6.07) is 10.9. The van der Waals surface area contributed by atoms with Crippen molar-refractivity contribution >= 4 is 0 Å². The smallest absolute Gasteiger partial charge is 0.0893 e. The van der Waals surface area contributed by atoms with Crippen LogP contribution in [0, 0.1) is 6.92 Å². The van der Waals surface area contributed by atoms with Crippen LogP contribution in [-0.4, -0.2) is 16.3 Å². The summed E-state index contributed by atoms with van der Waals surface area (Å²) in [5, 5.41) is 4.71. The van der Waals surface area contributed by atoms with Crippen LogP contribution in [0.4, 0.5) is 0 Å². The van der Waals surface area contributed by atoms with Crippen molar-refractivity contribution in [2.24, 2.45) is 5.73 Å². The summed E-state index contributed by atoms with van der Waals surface area (Å²) in [4.78, 5) is 0. The summed E-state index contributed by atoms with van der Waals surface area (Å²) in [6.45, 7) is 6.97. The van der Waals surface area contributed by atoms with Gasteiger partial charge in [-0.05, 0) is 31.4 Å². The second-order valence-corrected chi connectivity index (χ2v) is 4.94. The molecular formula is C16H23N3. The number of nitrogens with two attached hydrogens (primary N) is 1. The third kappa shape index (κ3) is 2.87. The second kappa shape index (κ2) is 6.02. The zero-order valence-electron chi connectivity index (χ0n) is 12.1. The first-order chi connectivity index (χ1) is 9.19. The molecule has 0 saturated heterocycles. The van der Waals surface area contributed by atoms with Gasteiger partial charge >= 0.3 is 0 Å². The van der Waals surface area contributed by atoms with Crippen LogP contribution in [0.5, 0.6) is 0 Å². The Morgan fingerprint density at radius 1 is 1.16 bits per heavy atom. The lowest BCUT2D eigenvalue weighted by Gasteiger charge is -2.19. The largest absolute Gasteiger partial charge is 0.328 e. The van der Waals surface area contributed by atoms with Gasteiger partial charge in [0.1, 0.15) is 0 Å². The highest BCUT2D eigenvalue weighted by molar-refractivity contribution is 5.26. The average molecular weight is 257 g/mol. The van der Waals surface area contributed by atoms with Crippen LogP contribution in [-0.2, 0) is 12.8 Å². The van der Waals surface area contributed by atoms with E-state index in [9.17, 15) is 0 Å². The number of rotatable bonds is 5. The van der Waals surface area contributed by atoms with Crippen molar-refractivity contribution in [3.63, 3.8) is 0 Å². The predicted octanol–water partition coefficient (Wildman–Crippen LogP) is 2.86. The van der Waals surface area contributed by atoms with Crippen LogP contribution in [0.25, 0.3) is 0 Å². The van der Waals surface area contributed by atoms with Gasteiger partial charge in [0.2, 0.25) is 0 Å². The molecule has 1 heterocycles. The van der Waals surface area contributed by atoms with Crippen molar-refractivity contribution in [3.05, 3.63) is 52.8 Å². The van der Waals surface area contributed by atoms with Crippen molar-refractivity contribution in [1.29, 1.82) is 0 Å². The van der Waals surface area contributed by atoms with Gasteiger partial charge in [-0.1, -0.05) is 43.7 Å². The van der Waals surface area contributed by atoms with Crippen molar-refractivity contribution in [3.8, 4) is 0 Å². The first-order valence-electron chi connectivity index (χ1n) is 7.03. The molecule has 1 unspecified atom stereocenters. The molecule has 2 N–H and O–H groups in total. The van der Waals surface area contributed by atoms with Gasteiger partial charge in [0.15, 0.2) is 0 Å². The molecule has 19 heavy (non-hydrogen) atoms. The highest BCUT2D eigenvalue weighted by atomic mass is 15.3. The number of hydrogen-bond donors (Lipinski definition) is 1. The molecule has 0 aliphatic heterocycles. The minimum absolute atomic E-state index is 0.135. The first-order valence-corrected chi connectivity index (χ1v) is 7.03. The summed E-state index contributed by atoms with van der Waals surface area (Å²) in [5.74, 6) is 0. The molecule has 0 aliphatic rings. The molecule has 102 valence electrons. The molecule has 0 fully saturated rings. The van der Waals surface area contributed by atoms with Crippen molar-refractivity contribution in [2.45, 2.75) is 39.7 Å². The van der Waals surface area contributed by atoms with E-state index in [0.29, 0.717) is 6.54 Å². The summed E-state index contributed by atoms with van der Waals surface area (Å²) in [7, 11) is 0. The Hall–Kier alpha value is -1.61. The van der Waals surface area contributed by atoms with Gasteiger partial charge < -0.3 is 5.73 Å². The highest BCUT2D eigenvalue weighted by Crippen LogP contribution is 2.20. The quantitative estimate of drug-likeness (QED) is 0.895. The standard InChI is InChI=1S/C16H23N3/c1-4-14-10-15(5-2)19(18-14)16(11-17)13-8-6-12(3)7-9-13/h6-10,16H,4-5,11,17H2,1-3H3. The Morgan fingerprint density at radius 3 is 2.37 bits per heavy atom. The molecular weight excluding hydrogens is 234 g/mol. The zero-order valence-corrected chi connectivity index (χ0v) is 12.1. The van der Waals surface area contributed by atoms with E-state index >= 15 is 0 Å². The number of hydrogen-bond acceptors (Lipinski definition) is 2. The van der Waals surface area contributed by atoms with Crippen LogP contribution in [0.2, 0.25) is 0 Å². The van der Waals surface area contributed by atoms with E-state index in [1.165, 1.54) is 16.8 Å². The molecule has 1 atom stereocenters. The number of benzene rings is 1. The average Bonchev–Trinajstić information content (AvgIpc) is 2.85. The minimum atomic E-state index is 0.135. The minimum Gasteiger partial charge on any atom is -0.328 e. The molecule has 0 spiro atoms. The molecule has 3 heteroatoms. The molecule has 0 aliphatic carbocycles. The SMILES string of the molecule is CCc1cc(CC)n(C(CN)c2ccc(C)cc2)n1. The zero-order chi connectivity index (χ0) is 13.8. The third-order valence-electron chi connectivity index (χ3n) is 3.57. The normalized spacial score (nSPS) is 12.6. The predicted molar refractivity (Wildman–Crippen MR) is 79.4 cm³/mol. The fourth-order valence-electron chi connectivity index (χ4n) is 2.36. The van der Waals surface area contributed by atoms with Gasteiger partial charge in [-0.2, -0.15) is 5.10 Å². The Kier molecular flexibility index (Phi) is 4.38. The fourth-order valence-corrected chi connectivity index (χ4v) is 2.36. The van der Waals surface area contributed by atoms with E-state index in [2.05, 4.69) is 55.8 Å². The highest BCUT2D eigenvalue weighted by Gasteiger charge is 2.16. The number of aromatic nitrogens is 2. The molecule has 0 radical (unpaired) electrons. The van der Waals surface area contributed by atoms with Gasteiger partial charge in [-0.3, -0.25) is 4.68 Å². The molecule has 1 aromatic heterocycles. The van der Waals surface area contributed by atoms with Gasteiger partial charge in [0.25, 0.3) is 0 Å². The van der Waals surface area contributed by atoms with E-state index in [0.717, 1.165) is 18.5 Å². The molecule has 2 rings (SSSR count). The first kappa shape index (κ1) is 13.8. The van der Waals surface area contributed by atoms with Gasteiger partial charge in [0.05, 0.1) is 11.7 Å². The molecule has 0 bridgehead atoms. The van der Waals surface area contributed by atoms with Crippen molar-refractivity contribution < 1.29 is 0 Å². The Labute approximate surface area is 115 Å². The van der Waals surface area contributed by atoms with Crippen molar-refractivity contribution in [1.82, 2.24) is 9.78 Å². The van der Waals surface area contributed by atoms with E-state index in [-0.39, 0.29) is 6.04 Å². The Balaban J connectivity index is 2.41. The van der Waals surface area contributed by atoms with Crippen LogP contribution in [0.15, 0.2) is 30.3 Å².